The summed E-state index contributed by atoms with van der Waals surface area (Å²) in [6.45, 7) is 4.87. The molecule has 0 spiro atoms. The number of nitrogens with zero attached hydrogens (tertiary/aromatic N) is 4. The first-order valence-electron chi connectivity index (χ1n) is 7.15. The van der Waals surface area contributed by atoms with Crippen LogP contribution >= 0.6 is 24.0 Å². The van der Waals surface area contributed by atoms with Crippen LogP contribution in [-0.2, 0) is 11.2 Å². The zero-order valence-electron chi connectivity index (χ0n) is 13.0. The van der Waals surface area contributed by atoms with Gasteiger partial charge in [0.25, 0.3) is 0 Å². The van der Waals surface area contributed by atoms with Crippen molar-refractivity contribution in [3.05, 3.63) is 30.2 Å². The Morgan fingerprint density at radius 1 is 1.32 bits per heavy atom. The van der Waals surface area contributed by atoms with E-state index in [1.165, 1.54) is 0 Å². The van der Waals surface area contributed by atoms with E-state index in [-0.39, 0.29) is 24.0 Å². The lowest BCUT2D eigenvalue weighted by Gasteiger charge is -2.10. The maximum absolute atomic E-state index is 5.00. The van der Waals surface area contributed by atoms with Gasteiger partial charge >= 0.3 is 0 Å². The van der Waals surface area contributed by atoms with Crippen molar-refractivity contribution in [3.8, 4) is 0 Å². The van der Waals surface area contributed by atoms with Crippen molar-refractivity contribution < 1.29 is 4.74 Å². The normalized spacial score (nSPS) is 11.3. The number of fused-ring (bicyclic) bond motifs is 1. The van der Waals surface area contributed by atoms with Gasteiger partial charge in [-0.3, -0.25) is 9.39 Å². The van der Waals surface area contributed by atoms with E-state index in [0.717, 1.165) is 36.9 Å². The quantitative estimate of drug-likeness (QED) is 0.305. The lowest BCUT2D eigenvalue weighted by molar-refractivity contribution is 0.208. The van der Waals surface area contributed by atoms with Crippen LogP contribution in [0.2, 0.25) is 0 Å². The van der Waals surface area contributed by atoms with Crippen molar-refractivity contribution in [2.75, 3.05) is 33.4 Å². The average Bonchev–Trinajstić information content (AvgIpc) is 2.91. The van der Waals surface area contributed by atoms with Gasteiger partial charge in [0, 0.05) is 32.8 Å². The van der Waals surface area contributed by atoms with Crippen molar-refractivity contribution in [1.29, 1.82) is 0 Å². The van der Waals surface area contributed by atoms with E-state index in [9.17, 15) is 0 Å². The number of ether oxygens (including phenoxy) is 1. The second-order valence-electron chi connectivity index (χ2n) is 4.48. The monoisotopic (exact) mass is 418 g/mol. The predicted molar refractivity (Wildman–Crippen MR) is 98.0 cm³/mol. The van der Waals surface area contributed by atoms with E-state index in [0.29, 0.717) is 13.2 Å². The Bertz CT molecular complexity index is 585. The first-order valence-corrected chi connectivity index (χ1v) is 7.15. The van der Waals surface area contributed by atoms with Crippen molar-refractivity contribution in [2.24, 2.45) is 4.99 Å². The summed E-state index contributed by atoms with van der Waals surface area (Å²) in [5, 5.41) is 14.8. The molecule has 0 aliphatic heterocycles. The van der Waals surface area contributed by atoms with Crippen molar-refractivity contribution in [1.82, 2.24) is 25.2 Å². The minimum atomic E-state index is 0. The maximum Gasteiger partial charge on any atom is 0.191 e. The molecule has 22 heavy (non-hydrogen) atoms. The second kappa shape index (κ2) is 10.3. The zero-order chi connectivity index (χ0) is 14.9. The number of aliphatic imine (C=N–C) groups is 1. The van der Waals surface area contributed by atoms with E-state index in [1.807, 2.05) is 35.7 Å². The summed E-state index contributed by atoms with van der Waals surface area (Å²) in [6, 6.07) is 5.88. The average molecular weight is 418 g/mol. The summed E-state index contributed by atoms with van der Waals surface area (Å²) in [7, 11) is 1.67. The number of halogens is 1. The second-order valence-corrected chi connectivity index (χ2v) is 4.48. The smallest absolute Gasteiger partial charge is 0.191 e. The van der Waals surface area contributed by atoms with Crippen molar-refractivity contribution in [2.45, 2.75) is 13.3 Å². The summed E-state index contributed by atoms with van der Waals surface area (Å²) in [5.74, 6) is 1.73. The third-order valence-corrected chi connectivity index (χ3v) is 2.93. The molecule has 2 rings (SSSR count). The minimum Gasteiger partial charge on any atom is -0.383 e. The molecule has 0 aromatic carbocycles. The van der Waals surface area contributed by atoms with E-state index in [2.05, 4.69) is 25.8 Å². The first-order chi connectivity index (χ1) is 10.3. The Labute approximate surface area is 147 Å². The van der Waals surface area contributed by atoms with E-state index < -0.39 is 0 Å². The van der Waals surface area contributed by atoms with Crippen LogP contribution in [0.3, 0.4) is 0 Å². The summed E-state index contributed by atoms with van der Waals surface area (Å²) >= 11 is 0. The molecule has 0 atom stereocenters. The number of guanidine groups is 1. The van der Waals surface area contributed by atoms with Gasteiger partial charge in [0.15, 0.2) is 11.6 Å². The third kappa shape index (κ3) is 5.41. The Morgan fingerprint density at radius 2 is 2.18 bits per heavy atom. The highest BCUT2D eigenvalue weighted by atomic mass is 127. The van der Waals surface area contributed by atoms with Gasteiger partial charge in [-0.2, -0.15) is 0 Å². The van der Waals surface area contributed by atoms with Crippen LogP contribution in [0, 0.1) is 0 Å². The molecule has 0 aliphatic rings. The standard InChI is InChI=1S/C14H22N6O.HI/c1-3-15-14(17-9-11-21-2)16-8-7-13-19-18-12-6-4-5-10-20(12)13;/h4-6,10H,3,7-9,11H2,1-2H3,(H2,15,16,17);1H. The number of nitrogens with one attached hydrogen (secondary N) is 2. The van der Waals surface area contributed by atoms with Crippen molar-refractivity contribution >= 4 is 35.6 Å². The van der Waals surface area contributed by atoms with E-state index in [1.54, 1.807) is 7.11 Å². The van der Waals surface area contributed by atoms with Crippen LogP contribution in [0.25, 0.3) is 5.65 Å². The molecule has 0 saturated heterocycles. The topological polar surface area (TPSA) is 75.8 Å². The highest BCUT2D eigenvalue weighted by Gasteiger charge is 2.04. The molecule has 2 aromatic heterocycles. The summed E-state index contributed by atoms with van der Waals surface area (Å²) in [4.78, 5) is 4.41. The van der Waals surface area contributed by atoms with Gasteiger partial charge in [-0.1, -0.05) is 6.07 Å². The van der Waals surface area contributed by atoms with Gasteiger partial charge in [0.1, 0.15) is 5.82 Å². The molecular formula is C14H23IN6O. The fourth-order valence-corrected chi connectivity index (χ4v) is 1.94. The molecule has 2 heterocycles. The van der Waals surface area contributed by atoms with Crippen molar-refractivity contribution in [3.63, 3.8) is 0 Å². The highest BCUT2D eigenvalue weighted by Crippen LogP contribution is 2.02. The molecule has 2 N–H and O–H groups in total. The Balaban J connectivity index is 0.00000242. The molecule has 0 radical (unpaired) electrons. The van der Waals surface area contributed by atoms with Gasteiger partial charge in [-0.05, 0) is 19.1 Å². The fourth-order valence-electron chi connectivity index (χ4n) is 1.94. The van der Waals surface area contributed by atoms with Crippen LogP contribution < -0.4 is 10.6 Å². The van der Waals surface area contributed by atoms with Crippen LogP contribution in [-0.4, -0.2) is 53.9 Å². The van der Waals surface area contributed by atoms with Crippen LogP contribution in [0.5, 0.6) is 0 Å². The Morgan fingerprint density at radius 3 is 2.95 bits per heavy atom. The van der Waals surface area contributed by atoms with E-state index >= 15 is 0 Å². The number of pyridine rings is 1. The van der Waals surface area contributed by atoms with Crippen LogP contribution in [0.15, 0.2) is 29.4 Å². The molecule has 0 saturated carbocycles. The van der Waals surface area contributed by atoms with Gasteiger partial charge < -0.3 is 15.4 Å². The lowest BCUT2D eigenvalue weighted by atomic mass is 10.4. The van der Waals surface area contributed by atoms with Crippen LogP contribution in [0.1, 0.15) is 12.7 Å². The third-order valence-electron chi connectivity index (χ3n) is 2.93. The van der Waals surface area contributed by atoms with Gasteiger partial charge in [0.05, 0.1) is 13.2 Å². The number of methoxy groups -OCH3 is 1. The van der Waals surface area contributed by atoms with E-state index in [4.69, 9.17) is 4.74 Å². The molecule has 7 nitrogen and oxygen atoms in total. The first kappa shape index (κ1) is 18.6. The molecular weight excluding hydrogens is 395 g/mol. The Kier molecular flexibility index (Phi) is 8.75. The van der Waals surface area contributed by atoms with Gasteiger partial charge in [-0.15, -0.1) is 34.2 Å². The SMILES string of the molecule is CCNC(=NCCOC)NCCc1nnc2ccccn12.I. The molecule has 0 aliphatic carbocycles. The Hall–Kier alpha value is -1.42. The number of rotatable bonds is 7. The van der Waals surface area contributed by atoms with Gasteiger partial charge in [-0.25, -0.2) is 0 Å². The zero-order valence-corrected chi connectivity index (χ0v) is 15.3. The molecule has 0 fully saturated rings. The predicted octanol–water partition coefficient (Wildman–Crippen LogP) is 1.09. The van der Waals surface area contributed by atoms with Gasteiger partial charge in [0.2, 0.25) is 0 Å². The lowest BCUT2D eigenvalue weighted by Crippen LogP contribution is -2.38. The minimum absolute atomic E-state index is 0. The summed E-state index contributed by atoms with van der Waals surface area (Å²) in [5.41, 5.74) is 0.869. The summed E-state index contributed by atoms with van der Waals surface area (Å²) in [6.07, 6.45) is 2.75. The maximum atomic E-state index is 5.00. The molecule has 0 bridgehead atoms. The highest BCUT2D eigenvalue weighted by molar-refractivity contribution is 14.0. The molecule has 8 heteroatoms. The fraction of sp³-hybridized carbons (Fsp3) is 0.500. The molecule has 122 valence electrons. The molecule has 0 amide bonds. The molecule has 0 unspecified atom stereocenters. The number of aromatic nitrogens is 3. The molecule has 2 aromatic rings. The van der Waals surface area contributed by atoms with Crippen LogP contribution in [0.4, 0.5) is 0 Å². The number of hydrogen-bond acceptors (Lipinski definition) is 4. The number of hydrogen-bond donors (Lipinski definition) is 2. The largest absolute Gasteiger partial charge is 0.383 e. The summed E-state index contributed by atoms with van der Waals surface area (Å²) < 4.78 is 6.99.